The minimum atomic E-state index is -0.532. The topological polar surface area (TPSA) is 84.3 Å². The number of nitrogens with one attached hydrogen (secondary N) is 2. The molecule has 0 fully saturated rings. The quantitative estimate of drug-likeness (QED) is 0.737. The normalized spacial score (nSPS) is 11.7. The number of nitrogens with zero attached hydrogens (tertiary/aromatic N) is 3. The van der Waals surface area contributed by atoms with Crippen LogP contribution in [0.15, 0.2) is 24.3 Å². The summed E-state index contributed by atoms with van der Waals surface area (Å²) in [7, 11) is 1.31. The SMILES string of the molecule is COC(=O)Nc1cccc(-c2nc3c(Cl)c(C(C)(C)C)[nH]n3n2)c1. The van der Waals surface area contributed by atoms with Gasteiger partial charge in [0.25, 0.3) is 0 Å². The van der Waals surface area contributed by atoms with Crippen molar-refractivity contribution in [3.63, 3.8) is 0 Å². The van der Waals surface area contributed by atoms with Gasteiger partial charge in [-0.3, -0.25) is 10.4 Å². The molecule has 2 N–H and O–H groups in total. The Hall–Kier alpha value is -2.54. The number of hydrogen-bond acceptors (Lipinski definition) is 4. The van der Waals surface area contributed by atoms with E-state index in [4.69, 9.17) is 11.6 Å². The molecule has 126 valence electrons. The molecule has 0 aliphatic rings. The zero-order valence-corrected chi connectivity index (χ0v) is 14.6. The number of aromatic nitrogens is 4. The van der Waals surface area contributed by atoms with E-state index in [-0.39, 0.29) is 5.41 Å². The lowest BCUT2D eigenvalue weighted by Gasteiger charge is -2.16. The standard InChI is InChI=1S/C16H18ClN5O2/c1-16(2,3)12-11(17)14-19-13(21-22(14)20-12)9-6-5-7-10(8-9)18-15(23)24-4/h5-8,20H,1-4H3,(H,18,23). The maximum absolute atomic E-state index is 11.3. The van der Waals surface area contributed by atoms with Crippen LogP contribution in [0.3, 0.4) is 0 Å². The van der Waals surface area contributed by atoms with Crippen molar-refractivity contribution in [3.8, 4) is 11.4 Å². The molecule has 1 aromatic carbocycles. The number of benzene rings is 1. The highest BCUT2D eigenvalue weighted by atomic mass is 35.5. The van der Waals surface area contributed by atoms with Gasteiger partial charge in [0.05, 0.1) is 12.8 Å². The molecule has 24 heavy (non-hydrogen) atoms. The predicted molar refractivity (Wildman–Crippen MR) is 92.5 cm³/mol. The van der Waals surface area contributed by atoms with Gasteiger partial charge in [0, 0.05) is 16.7 Å². The van der Waals surface area contributed by atoms with E-state index in [1.165, 1.54) is 7.11 Å². The molecule has 0 aliphatic carbocycles. The van der Waals surface area contributed by atoms with Crippen LogP contribution in [0.2, 0.25) is 5.02 Å². The minimum Gasteiger partial charge on any atom is -0.453 e. The number of carbonyl (C=O) groups is 1. The summed E-state index contributed by atoms with van der Waals surface area (Å²) in [5, 5.41) is 10.8. The Morgan fingerprint density at radius 2 is 2.12 bits per heavy atom. The molecule has 0 saturated carbocycles. The Morgan fingerprint density at radius 3 is 2.75 bits per heavy atom. The number of ether oxygens (including phenoxy) is 1. The van der Waals surface area contributed by atoms with Gasteiger partial charge in [-0.25, -0.2) is 9.78 Å². The Morgan fingerprint density at radius 1 is 1.38 bits per heavy atom. The highest BCUT2D eigenvalue weighted by Crippen LogP contribution is 2.32. The van der Waals surface area contributed by atoms with Crippen molar-refractivity contribution in [3.05, 3.63) is 35.0 Å². The smallest absolute Gasteiger partial charge is 0.411 e. The summed E-state index contributed by atoms with van der Waals surface area (Å²) in [5.74, 6) is 0.511. The molecule has 0 saturated heterocycles. The van der Waals surface area contributed by atoms with E-state index in [2.05, 4.69) is 46.0 Å². The van der Waals surface area contributed by atoms with Gasteiger partial charge in [-0.2, -0.15) is 4.63 Å². The van der Waals surface area contributed by atoms with Gasteiger partial charge in [-0.05, 0) is 12.1 Å². The van der Waals surface area contributed by atoms with E-state index in [1.807, 2.05) is 6.07 Å². The number of halogens is 1. The zero-order chi connectivity index (χ0) is 17.5. The number of anilines is 1. The third-order valence-electron chi connectivity index (χ3n) is 3.54. The van der Waals surface area contributed by atoms with Crippen LogP contribution < -0.4 is 5.32 Å². The number of methoxy groups -OCH3 is 1. The first-order valence-electron chi connectivity index (χ1n) is 7.39. The first-order chi connectivity index (χ1) is 11.3. The summed E-state index contributed by atoms with van der Waals surface area (Å²) < 4.78 is 6.16. The first-order valence-corrected chi connectivity index (χ1v) is 7.77. The lowest BCUT2D eigenvalue weighted by molar-refractivity contribution is 0.187. The average Bonchev–Trinajstić information content (AvgIpc) is 3.07. The zero-order valence-electron chi connectivity index (χ0n) is 13.8. The van der Waals surface area contributed by atoms with E-state index >= 15 is 0 Å². The fraction of sp³-hybridized carbons (Fsp3) is 0.312. The molecule has 0 atom stereocenters. The van der Waals surface area contributed by atoms with Crippen LogP contribution in [0.4, 0.5) is 10.5 Å². The maximum atomic E-state index is 11.3. The summed E-state index contributed by atoms with van der Waals surface area (Å²) in [5.41, 5.74) is 2.67. The van der Waals surface area contributed by atoms with Crippen LogP contribution >= 0.6 is 11.6 Å². The lowest BCUT2D eigenvalue weighted by Crippen LogP contribution is -2.13. The minimum absolute atomic E-state index is 0.135. The van der Waals surface area contributed by atoms with Gasteiger partial charge in [-0.15, -0.1) is 5.10 Å². The molecule has 3 aromatic rings. The second-order valence-electron chi connectivity index (χ2n) is 6.42. The Kier molecular flexibility index (Phi) is 3.96. The third kappa shape index (κ3) is 2.94. The average molecular weight is 348 g/mol. The van der Waals surface area contributed by atoms with E-state index < -0.39 is 6.09 Å². The fourth-order valence-corrected chi connectivity index (χ4v) is 2.77. The van der Waals surface area contributed by atoms with Crippen LogP contribution in [-0.2, 0) is 10.2 Å². The monoisotopic (exact) mass is 347 g/mol. The highest BCUT2D eigenvalue weighted by molar-refractivity contribution is 6.34. The molecule has 0 radical (unpaired) electrons. The Balaban J connectivity index is 1.99. The van der Waals surface area contributed by atoms with E-state index in [0.717, 1.165) is 11.3 Å². The number of rotatable bonds is 2. The van der Waals surface area contributed by atoms with Crippen molar-refractivity contribution >= 4 is 29.0 Å². The largest absolute Gasteiger partial charge is 0.453 e. The van der Waals surface area contributed by atoms with Gasteiger partial charge >= 0.3 is 6.09 Å². The van der Waals surface area contributed by atoms with Crippen LogP contribution in [0.25, 0.3) is 17.0 Å². The molecule has 0 unspecified atom stereocenters. The molecule has 0 spiro atoms. The van der Waals surface area contributed by atoms with Gasteiger partial charge < -0.3 is 4.74 Å². The van der Waals surface area contributed by atoms with Crippen LogP contribution in [0.5, 0.6) is 0 Å². The fourth-order valence-electron chi connectivity index (χ4n) is 2.32. The van der Waals surface area contributed by atoms with E-state index in [0.29, 0.717) is 22.2 Å². The second kappa shape index (κ2) is 5.83. The van der Waals surface area contributed by atoms with Crippen molar-refractivity contribution in [2.24, 2.45) is 0 Å². The maximum Gasteiger partial charge on any atom is 0.411 e. The molecule has 0 bridgehead atoms. The summed E-state index contributed by atoms with van der Waals surface area (Å²) in [6.45, 7) is 6.19. The van der Waals surface area contributed by atoms with Crippen molar-refractivity contribution in [2.75, 3.05) is 12.4 Å². The summed E-state index contributed by atoms with van der Waals surface area (Å²) >= 11 is 6.43. The van der Waals surface area contributed by atoms with Crippen molar-refractivity contribution in [1.82, 2.24) is 19.8 Å². The second-order valence-corrected chi connectivity index (χ2v) is 6.80. The van der Waals surface area contributed by atoms with Gasteiger partial charge in [0.15, 0.2) is 11.5 Å². The van der Waals surface area contributed by atoms with Crippen molar-refractivity contribution in [1.29, 1.82) is 0 Å². The van der Waals surface area contributed by atoms with E-state index in [1.54, 1.807) is 22.8 Å². The Bertz CT molecular complexity index is 907. The number of amides is 1. The number of aromatic amines is 1. The molecule has 1 amide bonds. The van der Waals surface area contributed by atoms with Crippen LogP contribution in [-0.4, -0.2) is 33.0 Å². The molecular formula is C16H18ClN5O2. The van der Waals surface area contributed by atoms with Crippen molar-refractivity contribution in [2.45, 2.75) is 26.2 Å². The number of fused-ring (bicyclic) bond motifs is 1. The number of hydrogen-bond donors (Lipinski definition) is 2. The number of H-pyrrole nitrogens is 1. The summed E-state index contributed by atoms with van der Waals surface area (Å²) in [6.07, 6.45) is -0.532. The molecule has 8 heteroatoms. The molecule has 0 aliphatic heterocycles. The summed E-state index contributed by atoms with van der Waals surface area (Å²) in [6, 6.07) is 7.19. The van der Waals surface area contributed by atoms with Crippen molar-refractivity contribution < 1.29 is 9.53 Å². The van der Waals surface area contributed by atoms with Gasteiger partial charge in [0.2, 0.25) is 0 Å². The molecular weight excluding hydrogens is 330 g/mol. The van der Waals surface area contributed by atoms with Gasteiger partial charge in [-0.1, -0.05) is 44.5 Å². The van der Waals surface area contributed by atoms with E-state index in [9.17, 15) is 4.79 Å². The summed E-state index contributed by atoms with van der Waals surface area (Å²) in [4.78, 5) is 15.8. The molecule has 3 rings (SSSR count). The Labute approximate surface area is 144 Å². The molecule has 2 heterocycles. The number of carbonyl (C=O) groups excluding carboxylic acids is 1. The highest BCUT2D eigenvalue weighted by Gasteiger charge is 2.24. The third-order valence-corrected chi connectivity index (χ3v) is 3.90. The van der Waals surface area contributed by atoms with Crippen LogP contribution in [0.1, 0.15) is 26.5 Å². The van der Waals surface area contributed by atoms with Gasteiger partial charge in [0.1, 0.15) is 5.02 Å². The molecule has 7 nitrogen and oxygen atoms in total. The molecule has 2 aromatic heterocycles. The predicted octanol–water partition coefficient (Wildman–Crippen LogP) is 3.85. The lowest BCUT2D eigenvalue weighted by atomic mass is 9.92. The first kappa shape index (κ1) is 16.3. The van der Waals surface area contributed by atoms with Crippen LogP contribution in [0, 0.1) is 0 Å².